The topological polar surface area (TPSA) is 43.6 Å². The molecule has 0 N–H and O–H groups in total. The largest absolute Gasteiger partial charge is 0.309 e. The number of aromatic nitrogens is 4. The number of nitrogens with zero attached hydrogens (tertiary/aromatic N) is 4. The Balaban J connectivity index is 1.14. The van der Waals surface area contributed by atoms with Gasteiger partial charge in [-0.1, -0.05) is 140 Å². The van der Waals surface area contributed by atoms with Gasteiger partial charge in [0, 0.05) is 53.2 Å². The van der Waals surface area contributed by atoms with Crippen LogP contribution in [0.1, 0.15) is 0 Å². The van der Waals surface area contributed by atoms with Crippen LogP contribution < -0.4 is 0 Å². The van der Waals surface area contributed by atoms with Crippen molar-refractivity contribution in [3.8, 4) is 62.1 Å². The summed E-state index contributed by atoms with van der Waals surface area (Å²) in [4.78, 5) is 15.7. The lowest BCUT2D eigenvalue weighted by atomic mass is 9.96. The SMILES string of the molecule is c1ccc(-c2cc(-c3ccccc3)c3sc4ccc(-c5nc(-c6ccccc6)nc(-c6ccccc6-n6c7ccccc7c7ccccc76)n5)cc4c3c2)cc1. The highest BCUT2D eigenvalue weighted by atomic mass is 32.1. The van der Waals surface area contributed by atoms with Crippen LogP contribution in [0.2, 0.25) is 0 Å². The Morgan fingerprint density at radius 2 is 0.875 bits per heavy atom. The van der Waals surface area contributed by atoms with E-state index in [0.29, 0.717) is 17.5 Å². The van der Waals surface area contributed by atoms with E-state index in [1.807, 2.05) is 29.5 Å². The monoisotopic (exact) mass is 732 g/mol. The molecule has 0 radical (unpaired) electrons. The fourth-order valence-corrected chi connectivity index (χ4v) is 9.23. The van der Waals surface area contributed by atoms with Crippen LogP contribution in [0.4, 0.5) is 0 Å². The van der Waals surface area contributed by atoms with Crippen molar-refractivity contribution in [1.82, 2.24) is 19.5 Å². The minimum Gasteiger partial charge on any atom is -0.309 e. The Hall–Kier alpha value is -7.21. The zero-order valence-corrected chi connectivity index (χ0v) is 31.0. The molecule has 8 aromatic carbocycles. The van der Waals surface area contributed by atoms with E-state index in [-0.39, 0.29) is 0 Å². The van der Waals surface area contributed by atoms with Crippen LogP contribution in [0.25, 0.3) is 104 Å². The third-order valence-electron chi connectivity index (χ3n) is 10.7. The molecule has 0 atom stereocenters. The maximum atomic E-state index is 5.30. The van der Waals surface area contributed by atoms with Gasteiger partial charge in [0.25, 0.3) is 0 Å². The number of benzene rings is 8. The summed E-state index contributed by atoms with van der Waals surface area (Å²) in [6, 6.07) is 68.5. The Kier molecular flexibility index (Phi) is 7.64. The molecule has 0 saturated carbocycles. The highest BCUT2D eigenvalue weighted by molar-refractivity contribution is 7.26. The van der Waals surface area contributed by atoms with Crippen molar-refractivity contribution >= 4 is 53.3 Å². The van der Waals surface area contributed by atoms with Crippen molar-refractivity contribution in [3.63, 3.8) is 0 Å². The fourth-order valence-electron chi connectivity index (χ4n) is 8.03. The van der Waals surface area contributed by atoms with Crippen molar-refractivity contribution in [3.05, 3.63) is 194 Å². The van der Waals surface area contributed by atoms with Crippen molar-refractivity contribution in [2.24, 2.45) is 0 Å². The molecule has 56 heavy (non-hydrogen) atoms. The molecular formula is C51H32N4S. The maximum Gasteiger partial charge on any atom is 0.166 e. The summed E-state index contributed by atoms with van der Waals surface area (Å²) < 4.78 is 4.83. The highest BCUT2D eigenvalue weighted by Gasteiger charge is 2.20. The van der Waals surface area contributed by atoms with Crippen LogP contribution in [0.15, 0.2) is 194 Å². The van der Waals surface area contributed by atoms with Gasteiger partial charge in [-0.15, -0.1) is 11.3 Å². The minimum atomic E-state index is 0.624. The number of fused-ring (bicyclic) bond motifs is 6. The van der Waals surface area contributed by atoms with Gasteiger partial charge in [-0.2, -0.15) is 0 Å². The molecule has 0 aliphatic carbocycles. The second-order valence-corrected chi connectivity index (χ2v) is 15.1. The van der Waals surface area contributed by atoms with E-state index in [0.717, 1.165) is 33.4 Å². The molecule has 0 fully saturated rings. The molecule has 11 rings (SSSR count). The van der Waals surface area contributed by atoms with Gasteiger partial charge in [0.2, 0.25) is 0 Å². The lowest BCUT2D eigenvalue weighted by molar-refractivity contribution is 1.06. The van der Waals surface area contributed by atoms with Crippen LogP contribution >= 0.6 is 11.3 Å². The molecule has 262 valence electrons. The number of para-hydroxylation sites is 3. The van der Waals surface area contributed by atoms with Crippen LogP contribution in [-0.2, 0) is 0 Å². The molecule has 5 heteroatoms. The molecule has 3 heterocycles. The minimum absolute atomic E-state index is 0.624. The zero-order valence-electron chi connectivity index (χ0n) is 30.2. The van der Waals surface area contributed by atoms with E-state index in [2.05, 4.69) is 180 Å². The molecule has 4 nitrogen and oxygen atoms in total. The van der Waals surface area contributed by atoms with Gasteiger partial charge in [0.05, 0.1) is 16.7 Å². The third kappa shape index (κ3) is 5.40. The molecule has 0 aliphatic heterocycles. The van der Waals surface area contributed by atoms with E-state index in [1.54, 1.807) is 0 Å². The summed E-state index contributed by atoms with van der Waals surface area (Å²) in [5.74, 6) is 1.89. The van der Waals surface area contributed by atoms with Crippen LogP contribution in [-0.4, -0.2) is 19.5 Å². The zero-order chi connectivity index (χ0) is 37.0. The summed E-state index contributed by atoms with van der Waals surface area (Å²) in [6.07, 6.45) is 0. The molecule has 11 aromatic rings. The van der Waals surface area contributed by atoms with Crippen LogP contribution in [0.5, 0.6) is 0 Å². The number of hydrogen-bond acceptors (Lipinski definition) is 4. The molecule has 3 aromatic heterocycles. The summed E-state index contributed by atoms with van der Waals surface area (Å²) in [5, 5.41) is 4.83. The molecule has 0 spiro atoms. The van der Waals surface area contributed by atoms with Gasteiger partial charge in [-0.05, 0) is 71.3 Å². The normalized spacial score (nSPS) is 11.6. The van der Waals surface area contributed by atoms with E-state index in [4.69, 9.17) is 15.0 Å². The Morgan fingerprint density at radius 3 is 1.57 bits per heavy atom. The van der Waals surface area contributed by atoms with E-state index >= 15 is 0 Å². The van der Waals surface area contributed by atoms with E-state index in [9.17, 15) is 0 Å². The fraction of sp³-hybridized carbons (Fsp3) is 0. The third-order valence-corrected chi connectivity index (χ3v) is 11.9. The Labute approximate surface area is 327 Å². The van der Waals surface area contributed by atoms with Crippen molar-refractivity contribution in [2.75, 3.05) is 0 Å². The van der Waals surface area contributed by atoms with Gasteiger partial charge in [0.1, 0.15) is 0 Å². The second-order valence-electron chi connectivity index (χ2n) is 14.0. The smallest absolute Gasteiger partial charge is 0.166 e. The molecule has 0 aliphatic rings. The van der Waals surface area contributed by atoms with Gasteiger partial charge in [-0.3, -0.25) is 0 Å². The first-order chi connectivity index (χ1) is 27.8. The first kappa shape index (κ1) is 32.2. The Bertz CT molecular complexity index is 3190. The Morgan fingerprint density at radius 1 is 0.339 bits per heavy atom. The average molecular weight is 733 g/mol. The average Bonchev–Trinajstić information content (AvgIpc) is 3.82. The predicted octanol–water partition coefficient (Wildman–Crippen LogP) is 13.7. The number of rotatable bonds is 6. The molecule has 0 saturated heterocycles. The van der Waals surface area contributed by atoms with E-state index < -0.39 is 0 Å². The standard InChI is InChI=1S/C51H32N4S/c1-4-16-33(17-5-1)37-31-41(34-18-6-2-7-19-34)48-43(32-37)42-30-36(28-29-47(42)56-48)50-52-49(35-20-8-3-9-21-35)53-51(54-50)40-24-12-15-27-46(40)55-44-25-13-10-22-38(44)39-23-11-14-26-45(39)55/h1-32H. The summed E-state index contributed by atoms with van der Waals surface area (Å²) in [5.41, 5.74) is 10.9. The summed E-state index contributed by atoms with van der Waals surface area (Å²) in [6.45, 7) is 0. The quantitative estimate of drug-likeness (QED) is 0.171. The molecule has 0 bridgehead atoms. The van der Waals surface area contributed by atoms with E-state index in [1.165, 1.54) is 53.2 Å². The van der Waals surface area contributed by atoms with Crippen molar-refractivity contribution in [2.45, 2.75) is 0 Å². The summed E-state index contributed by atoms with van der Waals surface area (Å²) >= 11 is 1.84. The van der Waals surface area contributed by atoms with Crippen molar-refractivity contribution < 1.29 is 0 Å². The van der Waals surface area contributed by atoms with Gasteiger partial charge in [-0.25, -0.2) is 15.0 Å². The molecule has 0 amide bonds. The van der Waals surface area contributed by atoms with Gasteiger partial charge < -0.3 is 4.57 Å². The first-order valence-electron chi connectivity index (χ1n) is 18.8. The maximum absolute atomic E-state index is 5.30. The molecular weight excluding hydrogens is 701 g/mol. The van der Waals surface area contributed by atoms with Gasteiger partial charge >= 0.3 is 0 Å². The van der Waals surface area contributed by atoms with Crippen LogP contribution in [0.3, 0.4) is 0 Å². The first-order valence-corrected chi connectivity index (χ1v) is 19.6. The van der Waals surface area contributed by atoms with Crippen LogP contribution in [0, 0.1) is 0 Å². The summed E-state index contributed by atoms with van der Waals surface area (Å²) in [7, 11) is 0. The predicted molar refractivity (Wildman–Crippen MR) is 234 cm³/mol. The molecule has 0 unspecified atom stereocenters. The van der Waals surface area contributed by atoms with Gasteiger partial charge in [0.15, 0.2) is 17.5 Å². The van der Waals surface area contributed by atoms with Crippen molar-refractivity contribution in [1.29, 1.82) is 0 Å². The second kappa shape index (κ2) is 13.3. The lowest BCUT2D eigenvalue weighted by Gasteiger charge is -2.14. The number of hydrogen-bond donors (Lipinski definition) is 0. The number of thiophene rings is 1. The lowest BCUT2D eigenvalue weighted by Crippen LogP contribution is -2.03. The highest BCUT2D eigenvalue weighted by Crippen LogP contribution is 2.44.